The van der Waals surface area contributed by atoms with Crippen molar-refractivity contribution in [3.8, 4) is 16.9 Å². The van der Waals surface area contributed by atoms with Gasteiger partial charge in [-0.1, -0.05) is 53.3 Å². The third-order valence-corrected chi connectivity index (χ3v) is 5.71. The first-order chi connectivity index (χ1) is 15.0. The number of carbonyl (C=O) groups excluding carboxylic acids is 2. The minimum absolute atomic E-state index is 0.325. The second kappa shape index (κ2) is 8.53. The minimum Gasteiger partial charge on any atom is -0.465 e. The van der Waals surface area contributed by atoms with E-state index >= 15 is 0 Å². The van der Waals surface area contributed by atoms with Gasteiger partial charge in [0.25, 0.3) is 5.91 Å². The van der Waals surface area contributed by atoms with E-state index in [9.17, 15) is 9.59 Å². The zero-order valence-electron chi connectivity index (χ0n) is 17.2. The number of hydrogen-bond acceptors (Lipinski definition) is 6. The standard InChI is InChI=1S/C23H20N4O3S/c1-14-8-7-9-16(12-14)19-18(13-27(26-19)17-10-5-4-6-11-17)21(28)25-23-24-15(2)20(31-23)22(29)30-3/h4-13H,1-3H3,(H,24,25,28). The molecule has 0 aliphatic carbocycles. The average Bonchev–Trinajstić information content (AvgIpc) is 3.38. The smallest absolute Gasteiger partial charge is 0.350 e. The molecule has 0 fully saturated rings. The van der Waals surface area contributed by atoms with Crippen LogP contribution in [0.1, 0.15) is 31.3 Å². The van der Waals surface area contributed by atoms with Gasteiger partial charge in [0.15, 0.2) is 5.13 Å². The summed E-state index contributed by atoms with van der Waals surface area (Å²) < 4.78 is 6.45. The van der Waals surface area contributed by atoms with Crippen LogP contribution in [0, 0.1) is 13.8 Å². The van der Waals surface area contributed by atoms with Gasteiger partial charge in [-0.3, -0.25) is 10.1 Å². The molecule has 0 saturated heterocycles. The van der Waals surface area contributed by atoms with Crippen molar-refractivity contribution in [2.45, 2.75) is 13.8 Å². The summed E-state index contributed by atoms with van der Waals surface area (Å²) in [5.74, 6) is -0.836. The molecule has 0 radical (unpaired) electrons. The van der Waals surface area contributed by atoms with Crippen molar-refractivity contribution in [3.63, 3.8) is 0 Å². The summed E-state index contributed by atoms with van der Waals surface area (Å²) in [5.41, 5.74) is 4.22. The topological polar surface area (TPSA) is 86.1 Å². The number of aryl methyl sites for hydroxylation is 2. The Hall–Kier alpha value is -3.78. The molecule has 156 valence electrons. The van der Waals surface area contributed by atoms with Crippen molar-refractivity contribution in [2.75, 3.05) is 12.4 Å². The highest BCUT2D eigenvalue weighted by atomic mass is 32.1. The van der Waals surface area contributed by atoms with E-state index in [2.05, 4.69) is 15.4 Å². The molecule has 0 atom stereocenters. The summed E-state index contributed by atoms with van der Waals surface area (Å²) in [6.07, 6.45) is 1.70. The molecule has 1 amide bonds. The van der Waals surface area contributed by atoms with E-state index in [1.54, 1.807) is 17.8 Å². The van der Waals surface area contributed by atoms with E-state index in [0.717, 1.165) is 28.2 Å². The number of para-hydroxylation sites is 1. The fourth-order valence-corrected chi connectivity index (χ4v) is 4.03. The van der Waals surface area contributed by atoms with Crippen molar-refractivity contribution in [2.24, 2.45) is 0 Å². The molecular weight excluding hydrogens is 412 g/mol. The molecular formula is C23H20N4O3S. The van der Waals surface area contributed by atoms with Gasteiger partial charge in [-0.05, 0) is 32.0 Å². The van der Waals surface area contributed by atoms with Gasteiger partial charge >= 0.3 is 5.97 Å². The van der Waals surface area contributed by atoms with Gasteiger partial charge in [0.05, 0.1) is 24.1 Å². The second-order valence-corrected chi connectivity index (χ2v) is 7.92. The first kappa shape index (κ1) is 20.5. The second-order valence-electron chi connectivity index (χ2n) is 6.92. The van der Waals surface area contributed by atoms with Gasteiger partial charge in [-0.15, -0.1) is 0 Å². The van der Waals surface area contributed by atoms with Gasteiger partial charge < -0.3 is 4.74 Å². The third-order valence-electron chi connectivity index (χ3n) is 4.66. The highest BCUT2D eigenvalue weighted by Crippen LogP contribution is 2.28. The first-order valence-electron chi connectivity index (χ1n) is 9.55. The SMILES string of the molecule is COC(=O)c1sc(NC(=O)c2cn(-c3ccccc3)nc2-c2cccc(C)c2)nc1C. The Morgan fingerprint density at radius 1 is 1.06 bits per heavy atom. The molecule has 0 unspecified atom stereocenters. The number of aromatic nitrogens is 3. The fraction of sp³-hybridized carbons (Fsp3) is 0.130. The third kappa shape index (κ3) is 4.24. The van der Waals surface area contributed by atoms with E-state index in [1.165, 1.54) is 7.11 Å². The number of amides is 1. The maximum absolute atomic E-state index is 13.2. The summed E-state index contributed by atoms with van der Waals surface area (Å²) in [4.78, 5) is 29.7. The quantitative estimate of drug-likeness (QED) is 0.464. The van der Waals surface area contributed by atoms with Crippen LogP contribution in [-0.4, -0.2) is 33.8 Å². The molecule has 0 saturated carbocycles. The number of hydrogen-bond donors (Lipinski definition) is 1. The summed E-state index contributed by atoms with van der Waals surface area (Å²) in [6, 6.07) is 17.4. The lowest BCUT2D eigenvalue weighted by atomic mass is 10.1. The molecule has 0 bridgehead atoms. The highest BCUT2D eigenvalue weighted by molar-refractivity contribution is 7.17. The molecule has 4 aromatic rings. The minimum atomic E-state index is -0.479. The van der Waals surface area contributed by atoms with Gasteiger partial charge in [0.2, 0.25) is 0 Å². The number of carbonyl (C=O) groups is 2. The number of methoxy groups -OCH3 is 1. The number of anilines is 1. The Balaban J connectivity index is 1.73. The summed E-state index contributed by atoms with van der Waals surface area (Å²) >= 11 is 1.08. The maximum Gasteiger partial charge on any atom is 0.350 e. The summed E-state index contributed by atoms with van der Waals surface area (Å²) in [5, 5.41) is 7.80. The van der Waals surface area contributed by atoms with Gasteiger partial charge in [0.1, 0.15) is 10.6 Å². The molecule has 31 heavy (non-hydrogen) atoms. The molecule has 8 heteroatoms. The van der Waals surface area contributed by atoms with E-state index in [0.29, 0.717) is 27.0 Å². The normalized spacial score (nSPS) is 10.7. The van der Waals surface area contributed by atoms with E-state index in [1.807, 2.05) is 61.5 Å². The molecule has 2 aromatic heterocycles. The molecule has 2 heterocycles. The number of ether oxygens (including phenoxy) is 1. The van der Waals surface area contributed by atoms with Crippen molar-refractivity contribution in [3.05, 3.63) is 82.5 Å². The van der Waals surface area contributed by atoms with Crippen LogP contribution < -0.4 is 5.32 Å². The van der Waals surface area contributed by atoms with E-state index in [4.69, 9.17) is 4.74 Å². The van der Waals surface area contributed by atoms with Crippen LogP contribution in [-0.2, 0) is 4.74 Å². The van der Waals surface area contributed by atoms with Crippen molar-refractivity contribution >= 4 is 28.3 Å². The predicted octanol–water partition coefficient (Wildman–Crippen LogP) is 4.65. The van der Waals surface area contributed by atoms with Crippen LogP contribution >= 0.6 is 11.3 Å². The van der Waals surface area contributed by atoms with Crippen LogP contribution in [0.5, 0.6) is 0 Å². The van der Waals surface area contributed by atoms with E-state index < -0.39 is 5.97 Å². The molecule has 0 aliphatic rings. The fourth-order valence-electron chi connectivity index (χ4n) is 3.16. The monoisotopic (exact) mass is 432 g/mol. The molecule has 0 spiro atoms. The first-order valence-corrected chi connectivity index (χ1v) is 10.4. The number of nitrogens with zero attached hydrogens (tertiary/aromatic N) is 3. The molecule has 0 aliphatic heterocycles. The molecule has 4 rings (SSSR count). The highest BCUT2D eigenvalue weighted by Gasteiger charge is 2.22. The number of thiazole rings is 1. The van der Waals surface area contributed by atoms with Crippen LogP contribution in [0.4, 0.5) is 5.13 Å². The average molecular weight is 433 g/mol. The molecule has 1 N–H and O–H groups in total. The van der Waals surface area contributed by atoms with Gasteiger partial charge in [0, 0.05) is 11.8 Å². The largest absolute Gasteiger partial charge is 0.465 e. The van der Waals surface area contributed by atoms with Gasteiger partial charge in [-0.25, -0.2) is 14.5 Å². The number of nitrogens with one attached hydrogen (secondary N) is 1. The van der Waals surface area contributed by atoms with Crippen LogP contribution in [0.2, 0.25) is 0 Å². The Labute approximate surface area is 183 Å². The predicted molar refractivity (Wildman–Crippen MR) is 120 cm³/mol. The van der Waals surface area contributed by atoms with Crippen LogP contribution in [0.3, 0.4) is 0 Å². The van der Waals surface area contributed by atoms with Crippen LogP contribution in [0.15, 0.2) is 60.8 Å². The van der Waals surface area contributed by atoms with E-state index in [-0.39, 0.29) is 5.91 Å². The number of rotatable bonds is 5. The lowest BCUT2D eigenvalue weighted by Gasteiger charge is -2.03. The lowest BCUT2D eigenvalue weighted by Crippen LogP contribution is -2.12. The Morgan fingerprint density at radius 2 is 1.84 bits per heavy atom. The van der Waals surface area contributed by atoms with Crippen molar-refractivity contribution in [1.29, 1.82) is 0 Å². The number of benzene rings is 2. The lowest BCUT2D eigenvalue weighted by molar-refractivity contribution is 0.0605. The van der Waals surface area contributed by atoms with Crippen molar-refractivity contribution < 1.29 is 14.3 Å². The summed E-state index contributed by atoms with van der Waals surface area (Å²) in [7, 11) is 1.31. The maximum atomic E-state index is 13.2. The number of esters is 1. The zero-order valence-corrected chi connectivity index (χ0v) is 18.1. The Morgan fingerprint density at radius 3 is 2.55 bits per heavy atom. The van der Waals surface area contributed by atoms with Crippen LogP contribution in [0.25, 0.3) is 16.9 Å². The zero-order chi connectivity index (χ0) is 22.0. The molecule has 2 aromatic carbocycles. The Kier molecular flexibility index (Phi) is 5.64. The van der Waals surface area contributed by atoms with Crippen molar-refractivity contribution in [1.82, 2.24) is 14.8 Å². The van der Waals surface area contributed by atoms with Gasteiger partial charge in [-0.2, -0.15) is 5.10 Å². The molecule has 7 nitrogen and oxygen atoms in total. The summed E-state index contributed by atoms with van der Waals surface area (Å²) in [6.45, 7) is 3.69. The Bertz CT molecular complexity index is 1260.